The molecule has 1 aliphatic heterocycles. The predicted octanol–water partition coefficient (Wildman–Crippen LogP) is 5.19. The van der Waals surface area contributed by atoms with Crippen LogP contribution in [0.15, 0.2) is 35.6 Å². The van der Waals surface area contributed by atoms with E-state index in [0.29, 0.717) is 11.9 Å². The molecule has 152 valence electrons. The molecule has 4 heterocycles. The second-order valence-electron chi connectivity index (χ2n) is 8.75. The molecule has 0 unspecified atom stereocenters. The number of halogens is 1. The first-order chi connectivity index (χ1) is 13.7. The van der Waals surface area contributed by atoms with Crippen molar-refractivity contribution in [1.82, 2.24) is 19.6 Å². The van der Waals surface area contributed by atoms with E-state index in [1.54, 1.807) is 10.7 Å². The SMILES string of the molecule is CC1=Nc2ccc(-c3ccn4nc(NCC(C)(C)F)ncc34)nc2[C@@H]1CC(C)C. The molecule has 0 fully saturated rings. The van der Waals surface area contributed by atoms with Gasteiger partial charge in [-0.3, -0.25) is 4.99 Å². The van der Waals surface area contributed by atoms with Crippen molar-refractivity contribution in [1.29, 1.82) is 0 Å². The van der Waals surface area contributed by atoms with E-state index in [2.05, 4.69) is 36.2 Å². The van der Waals surface area contributed by atoms with E-state index < -0.39 is 5.67 Å². The van der Waals surface area contributed by atoms with Gasteiger partial charge < -0.3 is 5.32 Å². The maximum Gasteiger partial charge on any atom is 0.241 e. The average molecular weight is 394 g/mol. The van der Waals surface area contributed by atoms with Gasteiger partial charge in [0.25, 0.3) is 0 Å². The van der Waals surface area contributed by atoms with E-state index in [4.69, 9.17) is 9.98 Å². The Hall–Kier alpha value is -2.83. The lowest BCUT2D eigenvalue weighted by molar-refractivity contribution is 0.234. The summed E-state index contributed by atoms with van der Waals surface area (Å²) in [5, 5.41) is 7.38. The van der Waals surface area contributed by atoms with E-state index in [-0.39, 0.29) is 12.5 Å². The van der Waals surface area contributed by atoms with Crippen LogP contribution in [0.25, 0.3) is 16.8 Å². The molecule has 3 aromatic rings. The lowest BCUT2D eigenvalue weighted by Crippen LogP contribution is -2.25. The van der Waals surface area contributed by atoms with Crippen molar-refractivity contribution in [3.8, 4) is 11.3 Å². The Balaban J connectivity index is 1.65. The molecular weight excluding hydrogens is 367 g/mol. The molecule has 0 bridgehead atoms. The van der Waals surface area contributed by atoms with Crippen LogP contribution in [0.5, 0.6) is 0 Å². The molecule has 4 rings (SSSR count). The largest absolute Gasteiger partial charge is 0.350 e. The number of aliphatic imine (C=N–C) groups is 1. The summed E-state index contributed by atoms with van der Waals surface area (Å²) in [4.78, 5) is 14.0. The van der Waals surface area contributed by atoms with Crippen LogP contribution >= 0.6 is 0 Å². The molecule has 7 heteroatoms. The van der Waals surface area contributed by atoms with Gasteiger partial charge in [-0.05, 0) is 51.3 Å². The van der Waals surface area contributed by atoms with Crippen molar-refractivity contribution in [2.45, 2.75) is 52.6 Å². The Labute approximate surface area is 170 Å². The van der Waals surface area contributed by atoms with Gasteiger partial charge in [0.15, 0.2) is 0 Å². The van der Waals surface area contributed by atoms with Crippen LogP contribution < -0.4 is 5.32 Å². The highest BCUT2D eigenvalue weighted by Gasteiger charge is 2.27. The van der Waals surface area contributed by atoms with Crippen LogP contribution in [-0.2, 0) is 0 Å². The first-order valence-electron chi connectivity index (χ1n) is 10.0. The van der Waals surface area contributed by atoms with Gasteiger partial charge in [-0.1, -0.05) is 13.8 Å². The van der Waals surface area contributed by atoms with Crippen LogP contribution in [0.2, 0.25) is 0 Å². The van der Waals surface area contributed by atoms with Crippen molar-refractivity contribution in [3.63, 3.8) is 0 Å². The molecule has 0 radical (unpaired) electrons. The molecule has 3 aromatic heterocycles. The molecule has 1 atom stereocenters. The Morgan fingerprint density at radius 2 is 2.03 bits per heavy atom. The highest BCUT2D eigenvalue weighted by Crippen LogP contribution is 2.39. The van der Waals surface area contributed by atoms with Crippen molar-refractivity contribution < 1.29 is 4.39 Å². The number of aromatic nitrogens is 4. The fraction of sp³-hybridized carbons (Fsp3) is 0.455. The van der Waals surface area contributed by atoms with Crippen LogP contribution in [0, 0.1) is 5.92 Å². The molecule has 0 aromatic carbocycles. The fourth-order valence-corrected chi connectivity index (χ4v) is 3.68. The standard InChI is InChI=1S/C22H27FN6/c1-13(2)10-16-14(3)26-18-7-6-17(27-20(16)18)15-8-9-29-19(15)11-24-21(28-29)25-12-22(4,5)23/h6-9,11,13,16H,10,12H2,1-5H3,(H,25,28)/t16-/m1/s1. The minimum Gasteiger partial charge on any atom is -0.350 e. The molecule has 1 N–H and O–H groups in total. The maximum atomic E-state index is 13.7. The van der Waals surface area contributed by atoms with Crippen molar-refractivity contribution in [2.24, 2.45) is 10.9 Å². The van der Waals surface area contributed by atoms with E-state index in [1.165, 1.54) is 13.8 Å². The third-order valence-corrected chi connectivity index (χ3v) is 5.10. The Bertz CT molecular complexity index is 1080. The summed E-state index contributed by atoms with van der Waals surface area (Å²) in [5.74, 6) is 1.24. The minimum absolute atomic E-state index is 0.148. The van der Waals surface area contributed by atoms with Gasteiger partial charge in [0.1, 0.15) is 5.67 Å². The summed E-state index contributed by atoms with van der Waals surface area (Å²) in [5.41, 5.74) is 4.54. The maximum absolute atomic E-state index is 13.7. The van der Waals surface area contributed by atoms with E-state index >= 15 is 0 Å². The summed E-state index contributed by atoms with van der Waals surface area (Å²) >= 11 is 0. The number of fused-ring (bicyclic) bond motifs is 2. The summed E-state index contributed by atoms with van der Waals surface area (Å²) in [6.07, 6.45) is 4.66. The lowest BCUT2D eigenvalue weighted by atomic mass is 9.91. The number of hydrogen-bond acceptors (Lipinski definition) is 5. The quantitative estimate of drug-likeness (QED) is 0.625. The zero-order valence-corrected chi connectivity index (χ0v) is 17.6. The highest BCUT2D eigenvalue weighted by molar-refractivity contribution is 5.96. The molecule has 0 saturated heterocycles. The Kier molecular flexibility index (Phi) is 4.84. The molecular formula is C22H27FN6. The number of pyridine rings is 1. The van der Waals surface area contributed by atoms with Gasteiger partial charge in [0.2, 0.25) is 5.95 Å². The Morgan fingerprint density at radius 1 is 1.24 bits per heavy atom. The van der Waals surface area contributed by atoms with E-state index in [9.17, 15) is 4.39 Å². The first kappa shape index (κ1) is 19.5. The summed E-state index contributed by atoms with van der Waals surface area (Å²) < 4.78 is 15.5. The number of nitrogens with zero attached hydrogens (tertiary/aromatic N) is 5. The molecule has 29 heavy (non-hydrogen) atoms. The minimum atomic E-state index is -1.33. The van der Waals surface area contributed by atoms with Gasteiger partial charge in [-0.15, -0.1) is 5.10 Å². The summed E-state index contributed by atoms with van der Waals surface area (Å²) in [6, 6.07) is 6.04. The van der Waals surface area contributed by atoms with Gasteiger partial charge in [-0.25, -0.2) is 18.9 Å². The highest BCUT2D eigenvalue weighted by atomic mass is 19.1. The molecule has 1 aliphatic rings. The van der Waals surface area contributed by atoms with Crippen LogP contribution in [-0.4, -0.2) is 37.5 Å². The molecule has 6 nitrogen and oxygen atoms in total. The smallest absolute Gasteiger partial charge is 0.241 e. The molecule has 0 aliphatic carbocycles. The van der Waals surface area contributed by atoms with Crippen LogP contribution in [0.3, 0.4) is 0 Å². The fourth-order valence-electron chi connectivity index (χ4n) is 3.68. The zero-order valence-electron chi connectivity index (χ0n) is 17.6. The van der Waals surface area contributed by atoms with Crippen LogP contribution in [0.4, 0.5) is 16.0 Å². The van der Waals surface area contributed by atoms with Gasteiger partial charge in [0.05, 0.1) is 35.3 Å². The molecule has 0 spiro atoms. The van der Waals surface area contributed by atoms with Gasteiger partial charge in [0, 0.05) is 23.4 Å². The van der Waals surface area contributed by atoms with E-state index in [1.807, 2.05) is 24.4 Å². The monoisotopic (exact) mass is 394 g/mol. The van der Waals surface area contributed by atoms with E-state index in [0.717, 1.165) is 40.3 Å². The van der Waals surface area contributed by atoms with Gasteiger partial charge in [-0.2, -0.15) is 0 Å². The first-order valence-corrected chi connectivity index (χ1v) is 10.0. The van der Waals surface area contributed by atoms with Gasteiger partial charge >= 0.3 is 0 Å². The van der Waals surface area contributed by atoms with Crippen molar-refractivity contribution in [3.05, 3.63) is 36.3 Å². The Morgan fingerprint density at radius 3 is 2.76 bits per heavy atom. The zero-order chi connectivity index (χ0) is 20.8. The molecule has 0 amide bonds. The third-order valence-electron chi connectivity index (χ3n) is 5.10. The van der Waals surface area contributed by atoms with Crippen molar-refractivity contribution >= 4 is 22.9 Å². The number of hydrogen-bond donors (Lipinski definition) is 1. The summed E-state index contributed by atoms with van der Waals surface area (Å²) in [7, 11) is 0. The number of alkyl halides is 1. The third kappa shape index (κ3) is 3.99. The van der Waals surface area contributed by atoms with Crippen LogP contribution in [0.1, 0.15) is 52.7 Å². The second-order valence-corrected chi connectivity index (χ2v) is 8.75. The topological polar surface area (TPSA) is 67.5 Å². The summed E-state index contributed by atoms with van der Waals surface area (Å²) in [6.45, 7) is 9.72. The lowest BCUT2D eigenvalue weighted by Gasteiger charge is -2.15. The molecule has 0 saturated carbocycles. The number of rotatable bonds is 6. The number of anilines is 1. The second kappa shape index (κ2) is 7.21. The average Bonchev–Trinajstić information content (AvgIpc) is 3.19. The number of nitrogens with one attached hydrogen (secondary N) is 1. The van der Waals surface area contributed by atoms with Crippen molar-refractivity contribution in [2.75, 3.05) is 11.9 Å². The normalized spacial score (nSPS) is 16.4. The predicted molar refractivity (Wildman–Crippen MR) is 115 cm³/mol.